The molecular weight excluding hydrogens is 426 g/mol. The van der Waals surface area contributed by atoms with E-state index in [0.29, 0.717) is 17.1 Å². The Labute approximate surface area is 182 Å². The second-order valence-corrected chi connectivity index (χ2v) is 7.75. The molecule has 166 valence electrons. The third-order valence-corrected chi connectivity index (χ3v) is 4.58. The highest BCUT2D eigenvalue weighted by molar-refractivity contribution is 6.69. The summed E-state index contributed by atoms with van der Waals surface area (Å²) in [7, 11) is 0.851. The maximum atomic E-state index is 13.0. The molecule has 0 saturated carbocycles. The summed E-state index contributed by atoms with van der Waals surface area (Å²) in [5, 5.41) is 1.62. The summed E-state index contributed by atoms with van der Waals surface area (Å²) < 4.78 is 35.8. The van der Waals surface area contributed by atoms with Crippen LogP contribution in [0.2, 0.25) is 0 Å². The largest absolute Gasteiger partial charge is 0.397 e. The first-order chi connectivity index (χ1) is 14.3. The van der Waals surface area contributed by atoms with Crippen molar-refractivity contribution in [3.05, 3.63) is 48.0 Å². The van der Waals surface area contributed by atoms with Crippen molar-refractivity contribution in [3.8, 4) is 0 Å². The van der Waals surface area contributed by atoms with E-state index in [2.05, 4.69) is 4.99 Å². The van der Waals surface area contributed by atoms with Gasteiger partial charge in [0.15, 0.2) is 7.05 Å². The first kappa shape index (κ1) is 24.3. The fraction of sp³-hybridized carbons (Fsp3) is 0.250. The van der Waals surface area contributed by atoms with Gasteiger partial charge in [0.1, 0.15) is 5.69 Å². The van der Waals surface area contributed by atoms with E-state index in [1.165, 1.54) is 0 Å². The normalized spacial score (nSPS) is 15.3. The van der Waals surface area contributed by atoms with Crippen molar-refractivity contribution < 1.29 is 38.4 Å². The molecule has 0 fully saturated rings. The number of halogens is 1. The van der Waals surface area contributed by atoms with Crippen LogP contribution in [0, 0.1) is 17.2 Å². The van der Waals surface area contributed by atoms with Crippen LogP contribution in [-0.2, 0) is 4.79 Å². The summed E-state index contributed by atoms with van der Waals surface area (Å²) >= 11 is 0. The average Bonchev–Trinajstić information content (AvgIpc) is 2.87. The van der Waals surface area contributed by atoms with E-state index in [1.54, 1.807) is 5.01 Å². The number of aliphatic imine (C=N–C) groups is 1. The highest BCUT2D eigenvalue weighted by atomic mass is 35.7. The minimum atomic E-state index is -4.94. The van der Waals surface area contributed by atoms with Gasteiger partial charge in [0.2, 0.25) is 11.4 Å². The molecule has 0 atom stereocenters. The SMILES string of the molecule is CC1=[N+](C)N(c2ccccc2)C(=O)C1=Nc1cc(C)c(N(C)C)cc1N.[O-][Cl+3]([O-])([O-])[O-]. The lowest BCUT2D eigenvalue weighted by atomic mass is 10.1. The van der Waals surface area contributed by atoms with Gasteiger partial charge in [-0.15, -0.1) is 14.9 Å². The quantitative estimate of drug-likeness (QED) is 0.420. The third kappa shape index (κ3) is 6.00. The van der Waals surface area contributed by atoms with Gasteiger partial charge >= 0.3 is 5.91 Å². The summed E-state index contributed by atoms with van der Waals surface area (Å²) in [6.07, 6.45) is 0. The zero-order chi connectivity index (χ0) is 23.5. The monoisotopic (exact) mass is 449 g/mol. The van der Waals surface area contributed by atoms with Crippen molar-refractivity contribution in [2.24, 2.45) is 4.99 Å². The molecule has 0 saturated heterocycles. The Morgan fingerprint density at radius 3 is 2.13 bits per heavy atom. The number of para-hydroxylation sites is 1. The van der Waals surface area contributed by atoms with E-state index in [0.717, 1.165) is 22.6 Å². The highest BCUT2D eigenvalue weighted by Crippen LogP contribution is 2.31. The second kappa shape index (κ2) is 9.41. The fourth-order valence-electron chi connectivity index (χ4n) is 3.08. The number of hydrazone groups is 1. The highest BCUT2D eigenvalue weighted by Gasteiger charge is 2.41. The molecule has 1 heterocycles. The van der Waals surface area contributed by atoms with Gasteiger partial charge in [0, 0.05) is 26.7 Å². The number of rotatable bonds is 3. The molecule has 10 nitrogen and oxygen atoms in total. The lowest BCUT2D eigenvalue weighted by Crippen LogP contribution is -2.68. The van der Waals surface area contributed by atoms with E-state index in [-0.39, 0.29) is 5.91 Å². The molecular formula is C20H24ClN5O5. The zero-order valence-corrected chi connectivity index (χ0v) is 18.6. The number of carbonyl (C=O) groups is 1. The molecule has 0 aromatic heterocycles. The number of nitrogens with two attached hydrogens (primary N) is 1. The molecule has 2 aromatic rings. The van der Waals surface area contributed by atoms with Gasteiger partial charge < -0.3 is 10.6 Å². The van der Waals surface area contributed by atoms with Crippen molar-refractivity contribution >= 4 is 40.1 Å². The van der Waals surface area contributed by atoms with Crippen molar-refractivity contribution in [2.75, 3.05) is 36.8 Å². The van der Waals surface area contributed by atoms with Gasteiger partial charge in [-0.05, 0) is 36.8 Å². The number of anilines is 3. The predicted octanol–water partition coefficient (Wildman–Crippen LogP) is -1.98. The summed E-state index contributed by atoms with van der Waals surface area (Å²) in [6, 6.07) is 13.3. The van der Waals surface area contributed by atoms with Gasteiger partial charge in [-0.25, -0.2) is 23.6 Å². The van der Waals surface area contributed by atoms with Crippen LogP contribution in [0.25, 0.3) is 0 Å². The van der Waals surface area contributed by atoms with E-state index < -0.39 is 10.2 Å². The van der Waals surface area contributed by atoms with Crippen LogP contribution < -0.4 is 34.3 Å². The zero-order valence-electron chi connectivity index (χ0n) is 17.8. The van der Waals surface area contributed by atoms with Gasteiger partial charge in [0.05, 0.1) is 11.4 Å². The van der Waals surface area contributed by atoms with Crippen molar-refractivity contribution in [1.29, 1.82) is 0 Å². The van der Waals surface area contributed by atoms with E-state index in [4.69, 9.17) is 24.4 Å². The number of amides is 1. The van der Waals surface area contributed by atoms with Crippen LogP contribution in [0.1, 0.15) is 12.5 Å². The van der Waals surface area contributed by atoms with Crippen LogP contribution >= 0.6 is 0 Å². The Morgan fingerprint density at radius 1 is 1.06 bits per heavy atom. The molecule has 0 spiro atoms. The maximum absolute atomic E-state index is 13.0. The molecule has 31 heavy (non-hydrogen) atoms. The molecule has 1 aliphatic heterocycles. The number of aryl methyl sites for hydroxylation is 1. The summed E-state index contributed by atoms with van der Waals surface area (Å²) in [4.78, 5) is 19.6. The summed E-state index contributed by atoms with van der Waals surface area (Å²) in [5.41, 5.74) is 11.4. The van der Waals surface area contributed by atoms with Crippen LogP contribution in [0.4, 0.5) is 22.7 Å². The third-order valence-electron chi connectivity index (χ3n) is 4.58. The van der Waals surface area contributed by atoms with Gasteiger partial charge in [-0.2, -0.15) is 0 Å². The van der Waals surface area contributed by atoms with Crippen LogP contribution in [-0.4, -0.2) is 43.2 Å². The second-order valence-electron chi connectivity index (χ2n) is 6.99. The first-order valence-electron chi connectivity index (χ1n) is 9.06. The fourth-order valence-corrected chi connectivity index (χ4v) is 3.08. The Bertz CT molecular complexity index is 1030. The van der Waals surface area contributed by atoms with Gasteiger partial charge in [-0.3, -0.25) is 4.79 Å². The minimum Gasteiger partial charge on any atom is -0.397 e. The van der Waals surface area contributed by atoms with Gasteiger partial charge in [-0.1, -0.05) is 23.2 Å². The Kier molecular flexibility index (Phi) is 7.37. The molecule has 1 aliphatic rings. The van der Waals surface area contributed by atoms with Crippen molar-refractivity contribution in [1.82, 2.24) is 0 Å². The molecule has 0 radical (unpaired) electrons. The van der Waals surface area contributed by atoms with E-state index in [1.807, 2.05) is 87.0 Å². The molecule has 2 N–H and O–H groups in total. The standard InChI is InChI=1S/C20H23N5O.ClHO4/c1-13-11-17(16(21)12-18(13)23(3)4)22-19-14(2)24(5)25(20(19)26)15-9-7-6-8-10-15;2-1(3,4)5/h6-12,21H,1-5H3;(H,2,3,4,5). The number of hydrogen-bond acceptors (Lipinski definition) is 8. The van der Waals surface area contributed by atoms with Gasteiger partial charge in [0.25, 0.3) is 0 Å². The number of hydrazine groups is 1. The molecule has 0 bridgehead atoms. The number of carbonyl (C=O) groups excluding carboxylic acids is 1. The Balaban J connectivity index is 0.000000614. The number of benzene rings is 2. The smallest absolute Gasteiger partial charge is 0.338 e. The lowest BCUT2D eigenvalue weighted by molar-refractivity contribution is -2.00. The topological polar surface area (TPSA) is 157 Å². The minimum absolute atomic E-state index is 0.162. The summed E-state index contributed by atoms with van der Waals surface area (Å²) in [5.74, 6) is -0.162. The molecule has 1 amide bonds. The molecule has 0 unspecified atom stereocenters. The number of nitrogens with zero attached hydrogens (tertiary/aromatic N) is 4. The summed E-state index contributed by atoms with van der Waals surface area (Å²) in [6.45, 7) is 3.89. The number of nitrogen functional groups attached to an aromatic ring is 1. The maximum Gasteiger partial charge on any atom is 0.338 e. The average molecular weight is 450 g/mol. The van der Waals surface area contributed by atoms with Crippen molar-refractivity contribution in [2.45, 2.75) is 13.8 Å². The lowest BCUT2D eigenvalue weighted by Gasteiger charge is -2.17. The van der Waals surface area contributed by atoms with Crippen LogP contribution in [0.3, 0.4) is 0 Å². The Hall–Kier alpha value is -3.02. The molecule has 11 heteroatoms. The molecule has 2 aromatic carbocycles. The Morgan fingerprint density at radius 2 is 1.61 bits per heavy atom. The first-order valence-corrected chi connectivity index (χ1v) is 10.3. The molecule has 0 aliphatic carbocycles. The predicted molar refractivity (Wildman–Crippen MR) is 108 cm³/mol. The van der Waals surface area contributed by atoms with E-state index >= 15 is 0 Å². The van der Waals surface area contributed by atoms with Crippen molar-refractivity contribution in [3.63, 3.8) is 0 Å². The molecule has 3 rings (SSSR count). The van der Waals surface area contributed by atoms with Crippen LogP contribution in [0.15, 0.2) is 47.5 Å². The van der Waals surface area contributed by atoms with E-state index in [9.17, 15) is 4.79 Å². The number of hydrogen-bond donors (Lipinski definition) is 1. The van der Waals surface area contributed by atoms with Crippen LogP contribution in [0.5, 0.6) is 0 Å².